The largest absolute Gasteiger partial charge is 0.256 e. The van der Waals surface area contributed by atoms with Gasteiger partial charge in [-0.05, 0) is 49.8 Å². The zero-order valence-electron chi connectivity index (χ0n) is 12.6. The minimum absolute atomic E-state index is 0.103. The predicted octanol–water partition coefficient (Wildman–Crippen LogP) is 3.16. The third-order valence-electron chi connectivity index (χ3n) is 4.00. The van der Waals surface area contributed by atoms with Gasteiger partial charge in [0.15, 0.2) is 0 Å². The molecule has 2 aromatic heterocycles. The second kappa shape index (κ2) is 6.48. The van der Waals surface area contributed by atoms with Crippen LogP contribution in [0.2, 0.25) is 0 Å². The smallest absolute Gasteiger partial charge is 0.215 e. The van der Waals surface area contributed by atoms with Crippen molar-refractivity contribution in [3.63, 3.8) is 0 Å². The molecule has 0 radical (unpaired) electrons. The van der Waals surface area contributed by atoms with Gasteiger partial charge in [-0.3, -0.25) is 4.98 Å². The lowest BCUT2D eigenvalue weighted by molar-refractivity contribution is 0.390. The van der Waals surface area contributed by atoms with Crippen LogP contribution in [0.4, 0.5) is 0 Å². The highest BCUT2D eigenvalue weighted by Gasteiger charge is 2.35. The van der Waals surface area contributed by atoms with Crippen LogP contribution in [-0.2, 0) is 16.4 Å². The van der Waals surface area contributed by atoms with Crippen molar-refractivity contribution in [2.24, 2.45) is 0 Å². The van der Waals surface area contributed by atoms with Crippen LogP contribution in [0.5, 0.6) is 0 Å². The van der Waals surface area contributed by atoms with Gasteiger partial charge in [0.2, 0.25) is 10.0 Å². The summed E-state index contributed by atoms with van der Waals surface area (Å²) in [5, 5.41) is 1.98. The first kappa shape index (κ1) is 15.6. The lowest BCUT2D eigenvalue weighted by Crippen LogP contribution is -2.33. The van der Waals surface area contributed by atoms with E-state index in [-0.39, 0.29) is 11.8 Å². The van der Waals surface area contributed by atoms with Gasteiger partial charge in [0.1, 0.15) is 0 Å². The van der Waals surface area contributed by atoms with Crippen molar-refractivity contribution in [2.75, 3.05) is 12.3 Å². The summed E-state index contributed by atoms with van der Waals surface area (Å²) in [4.78, 5) is 5.64. The molecule has 1 aliphatic heterocycles. The van der Waals surface area contributed by atoms with Crippen LogP contribution in [0.25, 0.3) is 0 Å². The van der Waals surface area contributed by atoms with Crippen LogP contribution in [0.1, 0.15) is 35.1 Å². The summed E-state index contributed by atoms with van der Waals surface area (Å²) < 4.78 is 27.1. The fraction of sp³-hybridized carbons (Fsp3) is 0.438. The summed E-state index contributed by atoms with van der Waals surface area (Å²) in [7, 11) is -3.25. The molecule has 1 saturated heterocycles. The Morgan fingerprint density at radius 1 is 1.32 bits per heavy atom. The maximum Gasteiger partial charge on any atom is 0.215 e. The van der Waals surface area contributed by atoms with Crippen LogP contribution in [-0.4, -0.2) is 30.0 Å². The standard InChI is InChI=1S/C16H20N2O2S2/c1-13-5-2-7-15(17-13)16-8-3-10-18(16)22(19,20)12-9-14-6-4-11-21-14/h2,4-7,11,16H,3,8-10,12H2,1H3. The topological polar surface area (TPSA) is 50.3 Å². The van der Waals surface area contributed by atoms with Gasteiger partial charge in [-0.1, -0.05) is 12.1 Å². The first-order chi connectivity index (χ1) is 10.6. The van der Waals surface area contributed by atoms with Crippen LogP contribution in [0.15, 0.2) is 35.7 Å². The van der Waals surface area contributed by atoms with E-state index in [1.165, 1.54) is 0 Å². The highest BCUT2D eigenvalue weighted by molar-refractivity contribution is 7.89. The number of hydrogen-bond acceptors (Lipinski definition) is 4. The van der Waals surface area contributed by atoms with Crippen molar-refractivity contribution < 1.29 is 8.42 Å². The first-order valence-electron chi connectivity index (χ1n) is 7.52. The second-order valence-electron chi connectivity index (χ2n) is 5.62. The highest BCUT2D eigenvalue weighted by atomic mass is 32.2. The Balaban J connectivity index is 1.76. The molecule has 1 aliphatic rings. The fourth-order valence-corrected chi connectivity index (χ4v) is 5.48. The molecule has 0 aliphatic carbocycles. The molecule has 0 amide bonds. The lowest BCUT2D eigenvalue weighted by Gasteiger charge is -2.23. The maximum absolute atomic E-state index is 12.7. The van der Waals surface area contributed by atoms with E-state index in [2.05, 4.69) is 4.98 Å². The van der Waals surface area contributed by atoms with Crippen LogP contribution < -0.4 is 0 Å². The van der Waals surface area contributed by atoms with Crippen LogP contribution in [0, 0.1) is 6.92 Å². The van der Waals surface area contributed by atoms with E-state index in [0.29, 0.717) is 13.0 Å². The first-order valence-corrected chi connectivity index (χ1v) is 10.0. The Morgan fingerprint density at radius 2 is 2.18 bits per heavy atom. The SMILES string of the molecule is Cc1cccc(C2CCCN2S(=O)(=O)CCc2cccs2)n1. The molecule has 6 heteroatoms. The predicted molar refractivity (Wildman–Crippen MR) is 89.5 cm³/mol. The van der Waals surface area contributed by atoms with Gasteiger partial charge in [-0.2, -0.15) is 4.31 Å². The van der Waals surface area contributed by atoms with Crippen molar-refractivity contribution in [3.8, 4) is 0 Å². The summed E-state index contributed by atoms with van der Waals surface area (Å²) >= 11 is 1.61. The van der Waals surface area contributed by atoms with Gasteiger partial charge in [-0.25, -0.2) is 8.42 Å². The number of rotatable bonds is 5. The highest BCUT2D eigenvalue weighted by Crippen LogP contribution is 2.33. The van der Waals surface area contributed by atoms with Crippen molar-refractivity contribution in [3.05, 3.63) is 52.0 Å². The number of aryl methyl sites for hydroxylation is 2. The molecule has 2 aromatic rings. The zero-order chi connectivity index (χ0) is 15.6. The molecule has 22 heavy (non-hydrogen) atoms. The summed E-state index contributed by atoms with van der Waals surface area (Å²) in [6.45, 7) is 2.54. The number of sulfonamides is 1. The molecule has 1 unspecified atom stereocenters. The zero-order valence-corrected chi connectivity index (χ0v) is 14.2. The van der Waals surface area contributed by atoms with E-state index in [4.69, 9.17) is 0 Å². The molecule has 0 bridgehead atoms. The Kier molecular flexibility index (Phi) is 4.61. The van der Waals surface area contributed by atoms with E-state index in [0.717, 1.165) is 29.1 Å². The van der Waals surface area contributed by atoms with E-state index in [1.54, 1.807) is 15.6 Å². The van der Waals surface area contributed by atoms with Crippen molar-refractivity contribution >= 4 is 21.4 Å². The maximum atomic E-state index is 12.7. The molecule has 0 N–H and O–H groups in total. The summed E-state index contributed by atoms with van der Waals surface area (Å²) in [5.41, 5.74) is 1.80. The number of thiophene rings is 1. The molecule has 4 nitrogen and oxygen atoms in total. The summed E-state index contributed by atoms with van der Waals surface area (Å²) in [5.74, 6) is 0.176. The quantitative estimate of drug-likeness (QED) is 0.843. The molecule has 0 aromatic carbocycles. The summed E-state index contributed by atoms with van der Waals surface area (Å²) in [6, 6.07) is 9.67. The van der Waals surface area contributed by atoms with Gasteiger partial charge >= 0.3 is 0 Å². The van der Waals surface area contributed by atoms with E-state index >= 15 is 0 Å². The van der Waals surface area contributed by atoms with Crippen LogP contribution in [0.3, 0.4) is 0 Å². The second-order valence-corrected chi connectivity index (χ2v) is 8.69. The molecular weight excluding hydrogens is 316 g/mol. The Morgan fingerprint density at radius 3 is 2.91 bits per heavy atom. The van der Waals surface area contributed by atoms with Crippen molar-refractivity contribution in [2.45, 2.75) is 32.2 Å². The average Bonchev–Trinajstić information content (AvgIpc) is 3.17. The number of hydrogen-bond donors (Lipinski definition) is 0. The number of aromatic nitrogens is 1. The Bertz CT molecular complexity index is 726. The van der Waals surface area contributed by atoms with Gasteiger partial charge in [0, 0.05) is 17.1 Å². The van der Waals surface area contributed by atoms with Gasteiger partial charge < -0.3 is 0 Å². The Hall–Kier alpha value is -1.24. The minimum Gasteiger partial charge on any atom is -0.256 e. The third-order valence-corrected chi connectivity index (χ3v) is 6.81. The normalized spacial score (nSPS) is 19.6. The van der Waals surface area contributed by atoms with Crippen molar-refractivity contribution in [1.82, 2.24) is 9.29 Å². The number of pyridine rings is 1. The van der Waals surface area contributed by atoms with Crippen LogP contribution >= 0.6 is 11.3 Å². The molecule has 1 atom stereocenters. The van der Waals surface area contributed by atoms with Gasteiger partial charge in [0.25, 0.3) is 0 Å². The van der Waals surface area contributed by atoms with E-state index < -0.39 is 10.0 Å². The molecule has 1 fully saturated rings. The lowest BCUT2D eigenvalue weighted by atomic mass is 10.1. The third kappa shape index (κ3) is 3.39. The van der Waals surface area contributed by atoms with Gasteiger partial charge in [0.05, 0.1) is 17.5 Å². The molecule has 0 saturated carbocycles. The summed E-state index contributed by atoms with van der Waals surface area (Å²) in [6.07, 6.45) is 2.34. The molecule has 118 valence electrons. The molecule has 3 rings (SSSR count). The average molecular weight is 336 g/mol. The van der Waals surface area contributed by atoms with Gasteiger partial charge in [-0.15, -0.1) is 11.3 Å². The fourth-order valence-electron chi connectivity index (χ4n) is 2.92. The molecule has 3 heterocycles. The molecular formula is C16H20N2O2S2. The molecule has 0 spiro atoms. The van der Waals surface area contributed by atoms with E-state index in [1.807, 2.05) is 42.6 Å². The minimum atomic E-state index is -3.25. The Labute approximate surface area is 135 Å². The van der Waals surface area contributed by atoms with E-state index in [9.17, 15) is 8.42 Å². The number of nitrogens with zero attached hydrogens (tertiary/aromatic N) is 2. The monoisotopic (exact) mass is 336 g/mol. The van der Waals surface area contributed by atoms with Crippen molar-refractivity contribution in [1.29, 1.82) is 0 Å².